The number of ether oxygens (including phenoxy) is 2. The van der Waals surface area contributed by atoms with Crippen LogP contribution in [0.5, 0.6) is 5.75 Å². The average molecular weight is 301 g/mol. The zero-order chi connectivity index (χ0) is 15.0. The second kappa shape index (κ2) is 5.58. The Bertz CT molecular complexity index is 559. The molecule has 1 N–H and O–H groups in total. The Morgan fingerprint density at radius 1 is 1.23 bits per heavy atom. The molecule has 2 aliphatic heterocycles. The van der Waals surface area contributed by atoms with Gasteiger partial charge in [-0.3, -0.25) is 4.79 Å². The summed E-state index contributed by atoms with van der Waals surface area (Å²) in [6.07, 6.45) is 6.37. The summed E-state index contributed by atoms with van der Waals surface area (Å²) in [7, 11) is 0. The molecular weight excluding hydrogens is 278 g/mol. The van der Waals surface area contributed by atoms with Crippen LogP contribution in [0.2, 0.25) is 0 Å². The molecule has 0 aromatic heterocycles. The lowest BCUT2D eigenvalue weighted by molar-refractivity contribution is -0.126. The molecule has 2 atom stereocenters. The summed E-state index contributed by atoms with van der Waals surface area (Å²) >= 11 is 0. The Kier molecular flexibility index (Phi) is 3.57. The van der Waals surface area contributed by atoms with Gasteiger partial charge in [0.1, 0.15) is 11.4 Å². The number of fused-ring (bicyclic) bond motifs is 1. The lowest BCUT2D eigenvalue weighted by Gasteiger charge is -2.40. The van der Waals surface area contributed by atoms with E-state index in [0.717, 1.165) is 37.0 Å². The summed E-state index contributed by atoms with van der Waals surface area (Å²) in [5.74, 6) is 1.09. The maximum absolute atomic E-state index is 12.5. The van der Waals surface area contributed by atoms with E-state index in [-0.39, 0.29) is 23.5 Å². The number of hydrogen-bond donors (Lipinski definition) is 1. The van der Waals surface area contributed by atoms with E-state index in [1.807, 2.05) is 18.2 Å². The molecule has 22 heavy (non-hydrogen) atoms. The average Bonchev–Trinajstić information content (AvgIpc) is 3.19. The van der Waals surface area contributed by atoms with Crippen molar-refractivity contribution in [3.8, 4) is 5.75 Å². The number of benzene rings is 1. The molecule has 0 bridgehead atoms. The molecule has 2 fully saturated rings. The highest BCUT2D eigenvalue weighted by Gasteiger charge is 2.43. The molecule has 1 saturated carbocycles. The first-order chi connectivity index (χ1) is 10.8. The van der Waals surface area contributed by atoms with Crippen LogP contribution >= 0.6 is 0 Å². The lowest BCUT2D eigenvalue weighted by atomic mass is 9.85. The van der Waals surface area contributed by atoms with Gasteiger partial charge in [-0.25, -0.2) is 0 Å². The zero-order valence-electron chi connectivity index (χ0n) is 12.8. The van der Waals surface area contributed by atoms with Crippen molar-refractivity contribution in [3.63, 3.8) is 0 Å². The maximum atomic E-state index is 12.5. The van der Waals surface area contributed by atoms with Gasteiger partial charge in [0.25, 0.3) is 0 Å². The van der Waals surface area contributed by atoms with Gasteiger partial charge in [0.05, 0.1) is 18.6 Å². The van der Waals surface area contributed by atoms with Gasteiger partial charge < -0.3 is 14.8 Å². The van der Waals surface area contributed by atoms with Crippen LogP contribution in [0.25, 0.3) is 0 Å². The second-order valence-electron chi connectivity index (χ2n) is 6.86. The molecule has 0 radical (unpaired) electrons. The molecule has 1 aromatic rings. The van der Waals surface area contributed by atoms with E-state index < -0.39 is 0 Å². The van der Waals surface area contributed by atoms with Crippen molar-refractivity contribution >= 4 is 5.91 Å². The molecule has 1 saturated heterocycles. The summed E-state index contributed by atoms with van der Waals surface area (Å²) in [6, 6.07) is 8.21. The SMILES string of the molecule is O=C(N[C@H]1CC2(CCCC2)Oc2ccccc21)[C@H]1CCOC1. The molecule has 0 unspecified atom stereocenters. The van der Waals surface area contributed by atoms with E-state index in [4.69, 9.17) is 9.47 Å². The van der Waals surface area contributed by atoms with Gasteiger partial charge in [0.2, 0.25) is 5.91 Å². The number of hydrogen-bond acceptors (Lipinski definition) is 3. The first-order valence-corrected chi connectivity index (χ1v) is 8.42. The van der Waals surface area contributed by atoms with Crippen LogP contribution in [0.3, 0.4) is 0 Å². The second-order valence-corrected chi connectivity index (χ2v) is 6.86. The molecule has 1 amide bonds. The molecule has 3 aliphatic rings. The summed E-state index contributed by atoms with van der Waals surface area (Å²) < 4.78 is 11.7. The molecule has 1 aromatic carbocycles. The van der Waals surface area contributed by atoms with Crippen molar-refractivity contribution in [2.45, 2.75) is 50.2 Å². The first-order valence-electron chi connectivity index (χ1n) is 8.42. The fraction of sp³-hybridized carbons (Fsp3) is 0.611. The van der Waals surface area contributed by atoms with Crippen LogP contribution in [-0.4, -0.2) is 24.7 Å². The Hall–Kier alpha value is -1.55. The minimum atomic E-state index is -0.0710. The molecule has 4 rings (SSSR count). The van der Waals surface area contributed by atoms with Gasteiger partial charge in [-0.1, -0.05) is 18.2 Å². The monoisotopic (exact) mass is 301 g/mol. The van der Waals surface area contributed by atoms with Gasteiger partial charge in [-0.05, 0) is 38.2 Å². The molecule has 4 nitrogen and oxygen atoms in total. The number of para-hydroxylation sites is 1. The number of amides is 1. The van der Waals surface area contributed by atoms with Crippen LogP contribution in [-0.2, 0) is 9.53 Å². The van der Waals surface area contributed by atoms with Gasteiger partial charge in [-0.15, -0.1) is 0 Å². The van der Waals surface area contributed by atoms with Gasteiger partial charge >= 0.3 is 0 Å². The van der Waals surface area contributed by atoms with E-state index in [0.29, 0.717) is 13.2 Å². The van der Waals surface area contributed by atoms with Gasteiger partial charge in [0.15, 0.2) is 0 Å². The van der Waals surface area contributed by atoms with Crippen molar-refractivity contribution in [2.24, 2.45) is 5.92 Å². The predicted octanol–water partition coefficient (Wildman–Crippen LogP) is 2.98. The molecule has 1 spiro atoms. The third kappa shape index (κ3) is 2.50. The molecule has 118 valence electrons. The van der Waals surface area contributed by atoms with Crippen LogP contribution in [0.1, 0.15) is 50.1 Å². The Morgan fingerprint density at radius 3 is 2.82 bits per heavy atom. The van der Waals surface area contributed by atoms with Crippen molar-refractivity contribution in [1.82, 2.24) is 5.32 Å². The molecule has 1 aliphatic carbocycles. The fourth-order valence-electron chi connectivity index (χ4n) is 4.10. The third-order valence-corrected chi connectivity index (χ3v) is 5.33. The van der Waals surface area contributed by atoms with E-state index in [9.17, 15) is 4.79 Å². The summed E-state index contributed by atoms with van der Waals surface area (Å²) in [5, 5.41) is 3.27. The smallest absolute Gasteiger partial charge is 0.226 e. The van der Waals surface area contributed by atoms with E-state index in [1.165, 1.54) is 12.8 Å². The van der Waals surface area contributed by atoms with Gasteiger partial charge in [-0.2, -0.15) is 0 Å². The van der Waals surface area contributed by atoms with E-state index in [2.05, 4.69) is 11.4 Å². The summed E-state index contributed by atoms with van der Waals surface area (Å²) in [5.41, 5.74) is 1.05. The normalized spacial score (nSPS) is 29.1. The number of nitrogens with one attached hydrogen (secondary N) is 1. The topological polar surface area (TPSA) is 47.6 Å². The van der Waals surface area contributed by atoms with Gasteiger partial charge in [0, 0.05) is 18.6 Å². The first kappa shape index (κ1) is 14.1. The highest BCUT2D eigenvalue weighted by atomic mass is 16.5. The highest BCUT2D eigenvalue weighted by molar-refractivity contribution is 5.79. The highest BCUT2D eigenvalue weighted by Crippen LogP contribution is 2.47. The van der Waals surface area contributed by atoms with E-state index in [1.54, 1.807) is 0 Å². The maximum Gasteiger partial charge on any atom is 0.226 e. The number of rotatable bonds is 2. The quantitative estimate of drug-likeness (QED) is 0.913. The fourth-order valence-corrected chi connectivity index (χ4v) is 4.10. The Labute approximate surface area is 131 Å². The van der Waals surface area contributed by atoms with Crippen molar-refractivity contribution in [1.29, 1.82) is 0 Å². The Balaban J connectivity index is 1.58. The van der Waals surface area contributed by atoms with Crippen LogP contribution in [0, 0.1) is 5.92 Å². The van der Waals surface area contributed by atoms with Crippen LogP contribution in [0.15, 0.2) is 24.3 Å². The zero-order valence-corrected chi connectivity index (χ0v) is 12.8. The largest absolute Gasteiger partial charge is 0.487 e. The number of carbonyl (C=O) groups is 1. The van der Waals surface area contributed by atoms with E-state index >= 15 is 0 Å². The molecule has 2 heterocycles. The predicted molar refractivity (Wildman–Crippen MR) is 82.7 cm³/mol. The van der Waals surface area contributed by atoms with Crippen LogP contribution < -0.4 is 10.1 Å². The number of carbonyl (C=O) groups excluding carboxylic acids is 1. The molecule has 4 heteroatoms. The standard InChI is InChI=1S/C18H23NO3/c20-17(13-7-10-21-12-13)19-15-11-18(8-3-4-9-18)22-16-6-2-1-5-14(15)16/h1-2,5-6,13,15H,3-4,7-12H2,(H,19,20)/t13-,15-/m0/s1. The lowest BCUT2D eigenvalue weighted by Crippen LogP contribution is -2.44. The minimum Gasteiger partial charge on any atom is -0.487 e. The van der Waals surface area contributed by atoms with Crippen molar-refractivity contribution < 1.29 is 14.3 Å². The van der Waals surface area contributed by atoms with Crippen LogP contribution in [0.4, 0.5) is 0 Å². The molecular formula is C18H23NO3. The van der Waals surface area contributed by atoms with Crippen molar-refractivity contribution in [3.05, 3.63) is 29.8 Å². The summed E-state index contributed by atoms with van der Waals surface area (Å²) in [6.45, 7) is 1.26. The minimum absolute atomic E-state index is 0.00883. The van der Waals surface area contributed by atoms with Crippen molar-refractivity contribution in [2.75, 3.05) is 13.2 Å². The Morgan fingerprint density at radius 2 is 2.05 bits per heavy atom. The summed E-state index contributed by atoms with van der Waals surface area (Å²) in [4.78, 5) is 12.5. The third-order valence-electron chi connectivity index (χ3n) is 5.33.